The number of carboxylic acid groups (broad SMARTS) is 3. The van der Waals surface area contributed by atoms with E-state index in [1.54, 1.807) is 0 Å². The Morgan fingerprint density at radius 1 is 0.535 bits per heavy atom. The Morgan fingerprint density at radius 2 is 0.837 bits per heavy atom. The smallest absolute Gasteiger partial charge is 0.469 e. The summed E-state index contributed by atoms with van der Waals surface area (Å²) in [5, 5.41) is 24.8. The van der Waals surface area contributed by atoms with Crippen molar-refractivity contribution in [3.05, 3.63) is 0 Å². The molecule has 0 aromatic heterocycles. The molecular formula is C32H65O10P. The average molecular weight is 641 g/mol. The number of hydrogen-bond donors (Lipinski definition) is 5. The van der Waals surface area contributed by atoms with Crippen LogP contribution in [0, 0.1) is 5.92 Å². The Kier molecular flexibility index (Phi) is 37.4. The van der Waals surface area contributed by atoms with E-state index >= 15 is 0 Å². The van der Waals surface area contributed by atoms with E-state index in [0.29, 0.717) is 19.3 Å². The molecular weight excluding hydrogens is 575 g/mol. The average Bonchev–Trinajstić information content (AvgIpc) is 2.93. The van der Waals surface area contributed by atoms with Crippen molar-refractivity contribution >= 4 is 25.7 Å². The highest BCUT2D eigenvalue weighted by Gasteiger charge is 2.16. The molecule has 1 unspecified atom stereocenters. The van der Waals surface area contributed by atoms with Gasteiger partial charge in [0.2, 0.25) is 0 Å². The number of aliphatic carboxylic acids is 3. The number of phosphoric ester groups is 1. The maximum Gasteiger partial charge on any atom is 0.469 e. The second-order valence-electron chi connectivity index (χ2n) is 11.3. The van der Waals surface area contributed by atoms with E-state index < -0.39 is 25.7 Å². The molecule has 0 spiro atoms. The largest absolute Gasteiger partial charge is 0.481 e. The molecule has 0 saturated heterocycles. The third-order valence-corrected chi connectivity index (χ3v) is 7.53. The highest BCUT2D eigenvalue weighted by Crippen LogP contribution is 2.37. The zero-order chi connectivity index (χ0) is 33.2. The molecule has 0 bridgehead atoms. The maximum absolute atomic E-state index is 10.4. The monoisotopic (exact) mass is 640 g/mol. The van der Waals surface area contributed by atoms with E-state index in [0.717, 1.165) is 38.5 Å². The lowest BCUT2D eigenvalue weighted by Crippen LogP contribution is -2.07. The standard InChI is InChI=1S/C18H36O2.C8H19O4P.C6H10O4/c1-2-3-4-5-6-7-8-9-10-11-12-13-14-15-16-17-18(19)20;1-3-5-6-8(4-2)7-12-13(9,10)11;7-5(8)3-1-2-4-6(9)10/h2-17H2,1H3,(H,19,20);8H,3-7H2,1-2H3,(H2,9,10,11);1-4H2,(H,7,8)(H,9,10). The number of hydrogen-bond acceptors (Lipinski definition) is 5. The van der Waals surface area contributed by atoms with Crippen LogP contribution < -0.4 is 0 Å². The van der Waals surface area contributed by atoms with Gasteiger partial charge < -0.3 is 25.1 Å². The summed E-state index contributed by atoms with van der Waals surface area (Å²) in [7, 11) is -4.26. The van der Waals surface area contributed by atoms with Crippen molar-refractivity contribution in [3.63, 3.8) is 0 Å². The molecule has 0 saturated carbocycles. The molecule has 258 valence electrons. The molecule has 0 radical (unpaired) electrons. The lowest BCUT2D eigenvalue weighted by molar-refractivity contribution is -0.139. The van der Waals surface area contributed by atoms with Gasteiger partial charge in [-0.2, -0.15) is 0 Å². The number of rotatable bonds is 28. The van der Waals surface area contributed by atoms with E-state index in [2.05, 4.69) is 18.4 Å². The molecule has 10 nitrogen and oxygen atoms in total. The van der Waals surface area contributed by atoms with Gasteiger partial charge in [-0.3, -0.25) is 18.9 Å². The predicted octanol–water partition coefficient (Wildman–Crippen LogP) is 9.36. The first kappa shape index (κ1) is 45.9. The van der Waals surface area contributed by atoms with Crippen molar-refractivity contribution in [2.45, 2.75) is 175 Å². The second-order valence-corrected chi connectivity index (χ2v) is 12.5. The molecule has 11 heteroatoms. The van der Waals surface area contributed by atoms with Crippen molar-refractivity contribution in [2.24, 2.45) is 5.92 Å². The van der Waals surface area contributed by atoms with Crippen LogP contribution >= 0.6 is 7.82 Å². The highest BCUT2D eigenvalue weighted by molar-refractivity contribution is 7.46. The van der Waals surface area contributed by atoms with Crippen molar-refractivity contribution in [1.82, 2.24) is 0 Å². The minimum Gasteiger partial charge on any atom is -0.481 e. The normalized spacial score (nSPS) is 11.6. The van der Waals surface area contributed by atoms with Gasteiger partial charge in [0, 0.05) is 19.3 Å². The first-order chi connectivity index (χ1) is 20.4. The maximum atomic E-state index is 10.4. The lowest BCUT2D eigenvalue weighted by atomic mass is 10.0. The number of unbranched alkanes of at least 4 members (excludes halogenated alkanes) is 16. The minimum absolute atomic E-state index is 0.0628. The van der Waals surface area contributed by atoms with E-state index in [4.69, 9.17) is 25.1 Å². The van der Waals surface area contributed by atoms with Gasteiger partial charge in [-0.15, -0.1) is 0 Å². The van der Waals surface area contributed by atoms with Gasteiger partial charge in [0.1, 0.15) is 0 Å². The zero-order valence-corrected chi connectivity index (χ0v) is 28.4. The SMILES string of the molecule is CCCCC(CC)COP(=O)(O)O.CCCCCCCCCCCCCCCCCC(=O)O.O=C(O)CCCCC(=O)O. The molecule has 0 aliphatic carbocycles. The molecule has 0 aromatic carbocycles. The van der Waals surface area contributed by atoms with Crippen molar-refractivity contribution in [1.29, 1.82) is 0 Å². The van der Waals surface area contributed by atoms with Crippen LogP contribution in [0.2, 0.25) is 0 Å². The summed E-state index contributed by atoms with van der Waals surface area (Å²) >= 11 is 0. The fourth-order valence-corrected chi connectivity index (χ4v) is 4.71. The molecule has 1 atom stereocenters. The van der Waals surface area contributed by atoms with E-state index in [9.17, 15) is 18.9 Å². The Balaban J connectivity index is -0.000000600. The Hall–Kier alpha value is -1.48. The number of carbonyl (C=O) groups is 3. The van der Waals surface area contributed by atoms with Gasteiger partial charge in [0.25, 0.3) is 0 Å². The summed E-state index contributed by atoms with van der Waals surface area (Å²) in [6, 6.07) is 0. The van der Waals surface area contributed by atoms with Crippen molar-refractivity contribution in [2.75, 3.05) is 6.61 Å². The molecule has 5 N–H and O–H groups in total. The van der Waals surface area contributed by atoms with Crippen molar-refractivity contribution < 1.29 is 48.6 Å². The zero-order valence-electron chi connectivity index (χ0n) is 27.5. The van der Waals surface area contributed by atoms with Crippen molar-refractivity contribution in [3.8, 4) is 0 Å². The Bertz CT molecular complexity index is 665. The van der Waals surface area contributed by atoms with Gasteiger partial charge >= 0.3 is 25.7 Å². The van der Waals surface area contributed by atoms with Crippen LogP contribution in [-0.4, -0.2) is 49.6 Å². The summed E-state index contributed by atoms with van der Waals surface area (Å²) in [5.74, 6) is -2.12. The molecule has 0 rings (SSSR count). The predicted molar refractivity (Wildman–Crippen MR) is 172 cm³/mol. The summed E-state index contributed by atoms with van der Waals surface area (Å²) < 4.78 is 14.8. The number of phosphoric acid groups is 1. The van der Waals surface area contributed by atoms with Crippen LogP contribution in [0.1, 0.15) is 175 Å². The van der Waals surface area contributed by atoms with Crippen LogP contribution in [0.25, 0.3) is 0 Å². The minimum atomic E-state index is -4.26. The lowest BCUT2D eigenvalue weighted by Gasteiger charge is -2.14. The van der Waals surface area contributed by atoms with Gasteiger partial charge in [-0.05, 0) is 31.6 Å². The fourth-order valence-electron chi connectivity index (χ4n) is 4.30. The molecule has 0 heterocycles. The third kappa shape index (κ3) is 50.5. The van der Waals surface area contributed by atoms with E-state index in [1.807, 2.05) is 6.92 Å². The van der Waals surface area contributed by atoms with Crippen LogP contribution in [0.4, 0.5) is 0 Å². The topological polar surface area (TPSA) is 179 Å². The van der Waals surface area contributed by atoms with E-state index in [-0.39, 0.29) is 25.4 Å². The summed E-state index contributed by atoms with van der Waals surface area (Å²) in [4.78, 5) is 47.1. The highest BCUT2D eigenvalue weighted by atomic mass is 31.2. The summed E-state index contributed by atoms with van der Waals surface area (Å²) in [6.07, 6.45) is 25.3. The molecule has 0 aliphatic heterocycles. The molecule has 0 aliphatic rings. The second kappa shape index (κ2) is 35.0. The van der Waals surface area contributed by atoms with Gasteiger partial charge in [-0.1, -0.05) is 130 Å². The van der Waals surface area contributed by atoms with Crippen LogP contribution in [0.3, 0.4) is 0 Å². The fraction of sp³-hybridized carbons (Fsp3) is 0.906. The molecule has 43 heavy (non-hydrogen) atoms. The summed E-state index contributed by atoms with van der Waals surface area (Å²) in [5.41, 5.74) is 0. The van der Waals surface area contributed by atoms with Gasteiger partial charge in [0.15, 0.2) is 0 Å². The van der Waals surface area contributed by atoms with Crippen LogP contribution in [-0.2, 0) is 23.5 Å². The molecule has 0 amide bonds. The molecule has 0 fully saturated rings. The van der Waals surface area contributed by atoms with Gasteiger partial charge in [0.05, 0.1) is 6.61 Å². The molecule has 0 aromatic rings. The quantitative estimate of drug-likeness (QED) is 0.0408. The third-order valence-electron chi connectivity index (χ3n) is 7.05. The Morgan fingerprint density at radius 3 is 1.12 bits per heavy atom. The first-order valence-electron chi connectivity index (χ1n) is 16.7. The Labute approximate surface area is 261 Å². The summed E-state index contributed by atoms with van der Waals surface area (Å²) in [6.45, 7) is 6.53. The van der Waals surface area contributed by atoms with Gasteiger partial charge in [-0.25, -0.2) is 4.57 Å². The van der Waals surface area contributed by atoms with Crippen LogP contribution in [0.15, 0.2) is 0 Å². The number of carboxylic acids is 3. The van der Waals surface area contributed by atoms with E-state index in [1.165, 1.54) is 83.5 Å². The first-order valence-corrected chi connectivity index (χ1v) is 18.3. The van der Waals surface area contributed by atoms with Crippen LogP contribution in [0.5, 0.6) is 0 Å².